The normalized spacial score (nSPS) is 13.3. The van der Waals surface area contributed by atoms with Gasteiger partial charge in [0.05, 0.1) is 39.6 Å². The molecule has 0 aromatic rings. The maximum Gasteiger partial charge on any atom is 0.253 e. The lowest BCUT2D eigenvalue weighted by Gasteiger charge is -2.13. The zero-order valence-electron chi connectivity index (χ0n) is 15.5. The molecule has 27 heavy (non-hydrogen) atoms. The molecule has 0 aromatic heterocycles. The molecule has 1 rings (SSSR count). The minimum Gasteiger partial charge on any atom is -0.377 e. The molecule has 152 valence electrons. The lowest BCUT2D eigenvalue weighted by Crippen LogP contribution is -2.35. The third kappa shape index (κ3) is 11.1. The quantitative estimate of drug-likeness (QED) is 0.263. The van der Waals surface area contributed by atoms with E-state index in [0.717, 1.165) is 4.90 Å². The van der Waals surface area contributed by atoms with Crippen LogP contribution in [0.25, 0.3) is 0 Å². The fourth-order valence-corrected chi connectivity index (χ4v) is 2.06. The van der Waals surface area contributed by atoms with Crippen molar-refractivity contribution in [1.29, 1.82) is 0 Å². The highest BCUT2D eigenvalue weighted by atomic mass is 16.5. The van der Waals surface area contributed by atoms with Crippen molar-refractivity contribution >= 4 is 23.6 Å². The number of nitrogens with zero attached hydrogens (tertiary/aromatic N) is 1. The number of carbonyl (C=O) groups is 4. The van der Waals surface area contributed by atoms with E-state index >= 15 is 0 Å². The van der Waals surface area contributed by atoms with E-state index in [-0.39, 0.29) is 24.8 Å². The zero-order chi connectivity index (χ0) is 19.9. The summed E-state index contributed by atoms with van der Waals surface area (Å²) in [6.07, 6.45) is 2.44. The summed E-state index contributed by atoms with van der Waals surface area (Å²) in [5.41, 5.74) is 0. The monoisotopic (exact) mass is 385 g/mol. The Labute approximate surface area is 158 Å². The highest BCUT2D eigenvalue weighted by Crippen LogP contribution is 2.03. The van der Waals surface area contributed by atoms with Crippen LogP contribution < -0.4 is 10.6 Å². The standard InChI is InChI=1S/C17H27N3O7/c1-14(21)18-5-8-25-10-12-27-13-11-26-9-6-19-15(22)4-7-20-16(23)2-3-17(20)24/h2-3H,4-13H2,1H3,(H,18,21)(H,19,22). The first-order chi connectivity index (χ1) is 13.0. The predicted octanol–water partition coefficient (Wildman–Crippen LogP) is -1.40. The van der Waals surface area contributed by atoms with Crippen LogP contribution in [0.15, 0.2) is 12.2 Å². The van der Waals surface area contributed by atoms with Crippen LogP contribution in [-0.4, -0.2) is 87.8 Å². The Balaban J connectivity index is 1.83. The molecule has 0 saturated carbocycles. The van der Waals surface area contributed by atoms with Gasteiger partial charge in [-0.25, -0.2) is 0 Å². The average Bonchev–Trinajstić information content (AvgIpc) is 2.95. The van der Waals surface area contributed by atoms with Crippen LogP contribution in [0, 0.1) is 0 Å². The van der Waals surface area contributed by atoms with Crippen molar-refractivity contribution in [2.75, 3.05) is 59.3 Å². The van der Waals surface area contributed by atoms with Crippen molar-refractivity contribution in [3.8, 4) is 0 Å². The Hall–Kier alpha value is -2.30. The second-order valence-corrected chi connectivity index (χ2v) is 5.58. The molecule has 0 unspecified atom stereocenters. The van der Waals surface area contributed by atoms with E-state index in [9.17, 15) is 19.2 Å². The zero-order valence-corrected chi connectivity index (χ0v) is 15.5. The van der Waals surface area contributed by atoms with Crippen molar-refractivity contribution < 1.29 is 33.4 Å². The number of carbonyl (C=O) groups excluding carboxylic acids is 4. The molecule has 0 saturated heterocycles. The van der Waals surface area contributed by atoms with Crippen LogP contribution in [0.3, 0.4) is 0 Å². The molecule has 0 atom stereocenters. The highest BCUT2D eigenvalue weighted by molar-refractivity contribution is 6.13. The van der Waals surface area contributed by atoms with Crippen LogP contribution in [-0.2, 0) is 33.4 Å². The molecule has 1 aliphatic rings. The molecular weight excluding hydrogens is 358 g/mol. The minimum absolute atomic E-state index is 0.0597. The molecule has 1 aliphatic heterocycles. The summed E-state index contributed by atoms with van der Waals surface area (Å²) < 4.78 is 15.9. The first-order valence-corrected chi connectivity index (χ1v) is 8.78. The fraction of sp³-hybridized carbons (Fsp3) is 0.647. The lowest BCUT2D eigenvalue weighted by atomic mass is 10.3. The van der Waals surface area contributed by atoms with E-state index in [1.807, 2.05) is 0 Å². The molecule has 0 spiro atoms. The van der Waals surface area contributed by atoms with Gasteiger partial charge in [-0.1, -0.05) is 0 Å². The Kier molecular flexibility index (Phi) is 11.7. The predicted molar refractivity (Wildman–Crippen MR) is 94.6 cm³/mol. The molecule has 4 amide bonds. The van der Waals surface area contributed by atoms with Gasteiger partial charge in [0.2, 0.25) is 11.8 Å². The van der Waals surface area contributed by atoms with E-state index in [2.05, 4.69) is 10.6 Å². The maximum absolute atomic E-state index is 11.6. The summed E-state index contributed by atoms with van der Waals surface area (Å²) in [6.45, 7) is 4.79. The van der Waals surface area contributed by atoms with Crippen LogP contribution in [0.2, 0.25) is 0 Å². The van der Waals surface area contributed by atoms with Crippen molar-refractivity contribution in [1.82, 2.24) is 15.5 Å². The third-order valence-corrected chi connectivity index (χ3v) is 3.40. The molecule has 1 heterocycles. The first-order valence-electron chi connectivity index (χ1n) is 8.78. The number of nitrogens with one attached hydrogen (secondary N) is 2. The summed E-state index contributed by atoms with van der Waals surface area (Å²) in [5.74, 6) is -1.13. The second-order valence-electron chi connectivity index (χ2n) is 5.58. The third-order valence-electron chi connectivity index (χ3n) is 3.40. The molecule has 0 radical (unpaired) electrons. The van der Waals surface area contributed by atoms with Gasteiger partial charge in [0.15, 0.2) is 0 Å². The van der Waals surface area contributed by atoms with Gasteiger partial charge in [0, 0.05) is 45.1 Å². The van der Waals surface area contributed by atoms with E-state index in [1.165, 1.54) is 19.1 Å². The van der Waals surface area contributed by atoms with E-state index in [4.69, 9.17) is 14.2 Å². The largest absolute Gasteiger partial charge is 0.377 e. The number of amides is 4. The van der Waals surface area contributed by atoms with Gasteiger partial charge in [-0.3, -0.25) is 24.1 Å². The molecule has 0 aliphatic carbocycles. The Bertz CT molecular complexity index is 519. The smallest absolute Gasteiger partial charge is 0.253 e. The number of hydrogen-bond acceptors (Lipinski definition) is 7. The summed E-state index contributed by atoms with van der Waals surface area (Å²) >= 11 is 0. The van der Waals surface area contributed by atoms with Crippen molar-refractivity contribution in [3.05, 3.63) is 12.2 Å². The van der Waals surface area contributed by atoms with Gasteiger partial charge in [-0.2, -0.15) is 0 Å². The lowest BCUT2D eigenvalue weighted by molar-refractivity contribution is -0.137. The van der Waals surface area contributed by atoms with Gasteiger partial charge in [0.1, 0.15) is 0 Å². The highest BCUT2D eigenvalue weighted by Gasteiger charge is 2.23. The van der Waals surface area contributed by atoms with E-state index in [1.54, 1.807) is 0 Å². The first kappa shape index (κ1) is 22.7. The van der Waals surface area contributed by atoms with Crippen molar-refractivity contribution in [3.63, 3.8) is 0 Å². The maximum atomic E-state index is 11.6. The number of imide groups is 1. The molecule has 0 bridgehead atoms. The molecule has 2 N–H and O–H groups in total. The van der Waals surface area contributed by atoms with E-state index in [0.29, 0.717) is 52.7 Å². The summed E-state index contributed by atoms with van der Waals surface area (Å²) in [7, 11) is 0. The van der Waals surface area contributed by atoms with Gasteiger partial charge in [-0.05, 0) is 0 Å². The fourth-order valence-electron chi connectivity index (χ4n) is 2.06. The number of ether oxygens (including phenoxy) is 3. The minimum atomic E-state index is -0.394. The Morgan fingerprint density at radius 1 is 0.852 bits per heavy atom. The van der Waals surface area contributed by atoms with Crippen molar-refractivity contribution in [2.24, 2.45) is 0 Å². The molecule has 10 nitrogen and oxygen atoms in total. The molecular formula is C17H27N3O7. The number of rotatable bonds is 15. The molecule has 0 fully saturated rings. The van der Waals surface area contributed by atoms with Gasteiger partial charge in [0.25, 0.3) is 11.8 Å². The van der Waals surface area contributed by atoms with Gasteiger partial charge < -0.3 is 24.8 Å². The van der Waals surface area contributed by atoms with Crippen LogP contribution in [0.5, 0.6) is 0 Å². The molecule has 10 heteroatoms. The summed E-state index contributed by atoms with van der Waals surface area (Å²) in [6, 6.07) is 0. The average molecular weight is 385 g/mol. The van der Waals surface area contributed by atoms with Crippen LogP contribution in [0.4, 0.5) is 0 Å². The van der Waals surface area contributed by atoms with Gasteiger partial charge >= 0.3 is 0 Å². The SMILES string of the molecule is CC(=O)NCCOCCOCCOCCNC(=O)CCN1C(=O)C=CC1=O. The van der Waals surface area contributed by atoms with Crippen LogP contribution in [0.1, 0.15) is 13.3 Å². The summed E-state index contributed by atoms with van der Waals surface area (Å²) in [5, 5.41) is 5.27. The topological polar surface area (TPSA) is 123 Å². The Morgan fingerprint density at radius 3 is 1.85 bits per heavy atom. The Morgan fingerprint density at radius 2 is 1.33 bits per heavy atom. The van der Waals surface area contributed by atoms with E-state index < -0.39 is 11.8 Å². The van der Waals surface area contributed by atoms with Gasteiger partial charge in [-0.15, -0.1) is 0 Å². The molecule has 0 aromatic carbocycles. The number of hydrogen-bond donors (Lipinski definition) is 2. The van der Waals surface area contributed by atoms with Crippen molar-refractivity contribution in [2.45, 2.75) is 13.3 Å². The second kappa shape index (κ2) is 13.8. The van der Waals surface area contributed by atoms with Crippen LogP contribution >= 0.6 is 0 Å². The summed E-state index contributed by atoms with van der Waals surface area (Å²) in [4.78, 5) is 45.9.